The Kier molecular flexibility index (Phi) is 5.32. The highest BCUT2D eigenvalue weighted by atomic mass is 32.1. The zero-order valence-corrected chi connectivity index (χ0v) is 26.6. The molecule has 0 radical (unpaired) electrons. The Balaban J connectivity index is 1.21. The molecule has 48 heavy (non-hydrogen) atoms. The molecule has 0 aliphatic rings. The Labute approximate surface area is 279 Å². The van der Waals surface area contributed by atoms with Crippen molar-refractivity contribution >= 4 is 96.5 Å². The first-order valence-electron chi connectivity index (χ1n) is 16.4. The average molecular weight is 627 g/mol. The van der Waals surface area contributed by atoms with Gasteiger partial charge in [0.2, 0.25) is 0 Å². The van der Waals surface area contributed by atoms with Crippen LogP contribution in [0.3, 0.4) is 0 Å². The lowest BCUT2D eigenvalue weighted by Gasteiger charge is -2.18. The first-order chi connectivity index (χ1) is 23.8. The van der Waals surface area contributed by atoms with Crippen molar-refractivity contribution in [2.45, 2.75) is 0 Å². The lowest BCUT2D eigenvalue weighted by Crippen LogP contribution is -1.91. The Morgan fingerprint density at radius 3 is 1.69 bits per heavy atom. The summed E-state index contributed by atoms with van der Waals surface area (Å²) >= 11 is 1.88. The summed E-state index contributed by atoms with van der Waals surface area (Å²) in [5.41, 5.74) is 6.99. The van der Waals surface area contributed by atoms with E-state index in [0.717, 1.165) is 11.2 Å². The summed E-state index contributed by atoms with van der Waals surface area (Å²) in [6.45, 7) is 0. The van der Waals surface area contributed by atoms with Gasteiger partial charge in [-0.05, 0) is 89.6 Å². The summed E-state index contributed by atoms with van der Waals surface area (Å²) in [6.07, 6.45) is 0. The van der Waals surface area contributed by atoms with Crippen molar-refractivity contribution in [3.8, 4) is 22.3 Å². The van der Waals surface area contributed by atoms with Gasteiger partial charge in [0, 0.05) is 30.9 Å². The number of hydrogen-bond donors (Lipinski definition) is 0. The molecule has 0 atom stereocenters. The molecule has 0 saturated heterocycles. The number of rotatable bonds is 2. The van der Waals surface area contributed by atoms with E-state index in [0.29, 0.717) is 0 Å². The quantitative estimate of drug-likeness (QED) is 0.174. The van der Waals surface area contributed by atoms with Gasteiger partial charge >= 0.3 is 0 Å². The van der Waals surface area contributed by atoms with E-state index in [1.54, 1.807) is 0 Å². The minimum Gasteiger partial charge on any atom is -0.456 e. The van der Waals surface area contributed by atoms with Crippen LogP contribution in [0.5, 0.6) is 0 Å². The zero-order chi connectivity index (χ0) is 31.3. The van der Waals surface area contributed by atoms with Crippen molar-refractivity contribution in [3.05, 3.63) is 158 Å². The van der Waals surface area contributed by atoms with Gasteiger partial charge in [0.25, 0.3) is 0 Å². The molecule has 11 aromatic rings. The van der Waals surface area contributed by atoms with E-state index >= 15 is 0 Å². The maximum atomic E-state index is 6.44. The molecule has 222 valence electrons. The SMILES string of the molecule is c1ccc2c(-c3c4ccccc4c(-c4ccc5c(c4)sc4c5ccc5oc6ccc7ccccc7c6c54)c4ccccc34)cccc2c1. The Bertz CT molecular complexity index is 3060. The number of hydrogen-bond acceptors (Lipinski definition) is 2. The number of fused-ring (bicyclic) bond motifs is 12. The van der Waals surface area contributed by atoms with Crippen molar-refractivity contribution in [1.29, 1.82) is 0 Å². The molecule has 0 saturated carbocycles. The maximum Gasteiger partial charge on any atom is 0.136 e. The average Bonchev–Trinajstić information content (AvgIpc) is 3.72. The second kappa shape index (κ2) is 9.78. The lowest BCUT2D eigenvalue weighted by molar-refractivity contribution is 0.669. The van der Waals surface area contributed by atoms with E-state index in [-0.39, 0.29) is 0 Å². The molecule has 0 aliphatic heterocycles. The van der Waals surface area contributed by atoms with Crippen LogP contribution >= 0.6 is 11.3 Å². The van der Waals surface area contributed by atoms with Gasteiger partial charge in [-0.3, -0.25) is 0 Å². The fourth-order valence-electron chi connectivity index (χ4n) is 8.19. The highest BCUT2D eigenvalue weighted by Crippen LogP contribution is 2.48. The summed E-state index contributed by atoms with van der Waals surface area (Å²) in [5, 5.41) is 15.1. The fraction of sp³-hybridized carbons (Fsp3) is 0. The largest absolute Gasteiger partial charge is 0.456 e. The predicted octanol–water partition coefficient (Wildman–Crippen LogP) is 13.9. The van der Waals surface area contributed by atoms with Crippen molar-refractivity contribution in [1.82, 2.24) is 0 Å². The molecular formula is C46H26OS. The van der Waals surface area contributed by atoms with Crippen molar-refractivity contribution < 1.29 is 4.42 Å². The van der Waals surface area contributed by atoms with Gasteiger partial charge in [-0.25, -0.2) is 0 Å². The Morgan fingerprint density at radius 2 is 0.938 bits per heavy atom. The normalized spacial score (nSPS) is 12.2. The standard InChI is InChI=1S/C46H26OS/c1-3-13-30-27(10-1)12-9-19-33(30)43-36-17-7-5-15-34(36)42(35-16-6-8-18-37(35)43)29-20-22-32-38-23-25-40-45(46(38)48-41(32)26-29)44-31-14-4-2-11-28(31)21-24-39(44)47-40/h1-26H. The molecule has 2 heteroatoms. The van der Waals surface area contributed by atoms with Crippen LogP contribution in [0, 0.1) is 0 Å². The highest BCUT2D eigenvalue weighted by Gasteiger charge is 2.20. The lowest BCUT2D eigenvalue weighted by atomic mass is 9.84. The van der Waals surface area contributed by atoms with E-state index in [9.17, 15) is 0 Å². The van der Waals surface area contributed by atoms with Crippen molar-refractivity contribution in [2.24, 2.45) is 0 Å². The Morgan fingerprint density at radius 1 is 0.375 bits per heavy atom. The van der Waals surface area contributed by atoms with E-state index in [1.807, 2.05) is 11.3 Å². The smallest absolute Gasteiger partial charge is 0.136 e. The molecular weight excluding hydrogens is 601 g/mol. The predicted molar refractivity (Wildman–Crippen MR) is 208 cm³/mol. The molecule has 0 spiro atoms. The van der Waals surface area contributed by atoms with Gasteiger partial charge in [-0.15, -0.1) is 11.3 Å². The number of furan rings is 1. The van der Waals surface area contributed by atoms with Crippen molar-refractivity contribution in [3.63, 3.8) is 0 Å². The van der Waals surface area contributed by atoms with E-state index < -0.39 is 0 Å². The minimum absolute atomic E-state index is 0.943. The summed E-state index contributed by atoms with van der Waals surface area (Å²) < 4.78 is 9.01. The van der Waals surface area contributed by atoms with Gasteiger partial charge in [-0.2, -0.15) is 0 Å². The molecule has 0 fully saturated rings. The molecule has 0 aliphatic carbocycles. The van der Waals surface area contributed by atoms with Crippen LogP contribution in [0.1, 0.15) is 0 Å². The number of thiophene rings is 1. The molecule has 0 amide bonds. The van der Waals surface area contributed by atoms with Gasteiger partial charge in [0.05, 0.1) is 0 Å². The molecule has 2 heterocycles. The van der Waals surface area contributed by atoms with Gasteiger partial charge in [0.15, 0.2) is 0 Å². The third-order valence-corrected chi connectivity index (χ3v) is 11.4. The second-order valence-corrected chi connectivity index (χ2v) is 13.8. The third kappa shape index (κ3) is 3.55. The Hall–Kier alpha value is -5.96. The van der Waals surface area contributed by atoms with Crippen LogP contribution in [-0.4, -0.2) is 0 Å². The number of benzene rings is 9. The zero-order valence-electron chi connectivity index (χ0n) is 25.8. The van der Waals surface area contributed by atoms with Crippen LogP contribution in [-0.2, 0) is 0 Å². The van der Waals surface area contributed by atoms with E-state index in [1.165, 1.54) is 96.3 Å². The molecule has 0 N–H and O–H groups in total. The maximum absolute atomic E-state index is 6.44. The first kappa shape index (κ1) is 26.1. The summed E-state index contributed by atoms with van der Waals surface area (Å²) in [6, 6.07) is 57.7. The van der Waals surface area contributed by atoms with Crippen molar-refractivity contribution in [2.75, 3.05) is 0 Å². The molecule has 0 bridgehead atoms. The molecule has 9 aromatic carbocycles. The molecule has 1 nitrogen and oxygen atoms in total. The second-order valence-electron chi connectivity index (χ2n) is 12.8. The molecule has 0 unspecified atom stereocenters. The van der Waals surface area contributed by atoms with Gasteiger partial charge < -0.3 is 4.42 Å². The molecule has 2 aromatic heterocycles. The summed E-state index contributed by atoms with van der Waals surface area (Å²) in [7, 11) is 0. The van der Waals surface area contributed by atoms with Crippen LogP contribution in [0.4, 0.5) is 0 Å². The monoisotopic (exact) mass is 626 g/mol. The molecule has 11 rings (SSSR count). The van der Waals surface area contributed by atoms with Gasteiger partial charge in [0.1, 0.15) is 11.2 Å². The first-order valence-corrected chi connectivity index (χ1v) is 17.2. The van der Waals surface area contributed by atoms with Gasteiger partial charge in [-0.1, -0.05) is 133 Å². The highest BCUT2D eigenvalue weighted by molar-refractivity contribution is 7.26. The fourth-order valence-corrected chi connectivity index (χ4v) is 9.47. The minimum atomic E-state index is 0.943. The summed E-state index contributed by atoms with van der Waals surface area (Å²) in [5.74, 6) is 0. The summed E-state index contributed by atoms with van der Waals surface area (Å²) in [4.78, 5) is 0. The van der Waals surface area contributed by atoms with Crippen LogP contribution in [0.2, 0.25) is 0 Å². The van der Waals surface area contributed by atoms with Crippen LogP contribution in [0.15, 0.2) is 162 Å². The van der Waals surface area contributed by atoms with E-state index in [4.69, 9.17) is 4.42 Å². The van der Waals surface area contributed by atoms with Crippen LogP contribution < -0.4 is 0 Å². The third-order valence-electron chi connectivity index (χ3n) is 10.2. The van der Waals surface area contributed by atoms with E-state index in [2.05, 4.69) is 158 Å². The van der Waals surface area contributed by atoms with Crippen LogP contribution in [0.25, 0.3) is 107 Å². The topological polar surface area (TPSA) is 13.1 Å².